The number of carbonyl (C=O) groups is 2. The molecular formula is C19H14Cl2FN3O5. The number of carbonyl (C=O) groups excluding carboxylic acids is 2. The molecule has 0 aliphatic rings. The maximum atomic E-state index is 13.0. The molecule has 0 aliphatic carbocycles. The van der Waals surface area contributed by atoms with Crippen molar-refractivity contribution in [2.75, 3.05) is 5.32 Å². The van der Waals surface area contributed by atoms with E-state index in [2.05, 4.69) is 10.4 Å². The highest BCUT2D eigenvalue weighted by atomic mass is 35.5. The third kappa shape index (κ3) is 5.25. The molecule has 0 fully saturated rings. The summed E-state index contributed by atoms with van der Waals surface area (Å²) < 4.78 is 23.7. The first kappa shape index (κ1) is 21.5. The van der Waals surface area contributed by atoms with Gasteiger partial charge in [-0.25, -0.2) is 9.18 Å². The molecule has 30 heavy (non-hydrogen) atoms. The van der Waals surface area contributed by atoms with Crippen LogP contribution in [0.4, 0.5) is 10.1 Å². The van der Waals surface area contributed by atoms with E-state index in [1.54, 1.807) is 0 Å². The normalized spacial score (nSPS) is 11.7. The van der Waals surface area contributed by atoms with Crippen molar-refractivity contribution in [2.24, 2.45) is 0 Å². The fraction of sp³-hybridized carbons (Fsp3) is 0.158. The van der Waals surface area contributed by atoms with Crippen LogP contribution >= 0.6 is 23.2 Å². The number of aromatic nitrogens is 2. The summed E-state index contributed by atoms with van der Waals surface area (Å²) in [6, 6.07) is 9.59. The second-order valence-electron chi connectivity index (χ2n) is 6.08. The smallest absolute Gasteiger partial charge is 0.437 e. The third-order valence-electron chi connectivity index (χ3n) is 3.84. The Kier molecular flexibility index (Phi) is 6.53. The summed E-state index contributed by atoms with van der Waals surface area (Å²) in [6.45, 7) is 0.773. The van der Waals surface area contributed by atoms with Crippen LogP contribution in [0.2, 0.25) is 10.0 Å². The lowest BCUT2D eigenvalue weighted by Crippen LogP contribution is -2.32. The van der Waals surface area contributed by atoms with Crippen molar-refractivity contribution in [3.63, 3.8) is 0 Å². The number of hydrogen-bond donors (Lipinski definition) is 1. The van der Waals surface area contributed by atoms with Crippen molar-refractivity contribution < 1.29 is 23.1 Å². The van der Waals surface area contributed by atoms with Gasteiger partial charge in [0.15, 0.2) is 6.10 Å². The monoisotopic (exact) mass is 453 g/mol. The van der Waals surface area contributed by atoms with E-state index in [0.717, 1.165) is 4.68 Å². The van der Waals surface area contributed by atoms with E-state index in [1.165, 1.54) is 49.4 Å². The lowest BCUT2D eigenvalue weighted by atomic mass is 10.2. The highest BCUT2D eigenvalue weighted by Gasteiger charge is 2.21. The van der Waals surface area contributed by atoms with Crippen LogP contribution in [0.3, 0.4) is 0 Å². The fourth-order valence-electron chi connectivity index (χ4n) is 2.35. The van der Waals surface area contributed by atoms with Gasteiger partial charge in [-0.3, -0.25) is 9.59 Å². The average molecular weight is 454 g/mol. The Hall–Kier alpha value is -3.17. The van der Waals surface area contributed by atoms with Crippen molar-refractivity contribution >= 4 is 40.8 Å². The lowest BCUT2D eigenvalue weighted by Gasteiger charge is -2.14. The molecule has 11 heteroatoms. The number of halogens is 3. The minimum atomic E-state index is -1.18. The van der Waals surface area contributed by atoms with Crippen LogP contribution in [-0.2, 0) is 20.9 Å². The number of amides is 1. The van der Waals surface area contributed by atoms with E-state index in [0.29, 0.717) is 16.3 Å². The number of rotatable bonds is 6. The molecule has 0 aliphatic heterocycles. The minimum Gasteiger partial charge on any atom is -0.451 e. The molecule has 1 atom stereocenters. The van der Waals surface area contributed by atoms with Gasteiger partial charge in [-0.05, 0) is 49.4 Å². The Balaban J connectivity index is 1.61. The predicted molar refractivity (Wildman–Crippen MR) is 107 cm³/mol. The zero-order valence-electron chi connectivity index (χ0n) is 15.4. The molecule has 3 rings (SSSR count). The highest BCUT2D eigenvalue weighted by molar-refractivity contribution is 6.36. The number of ether oxygens (including phenoxy) is 1. The Bertz CT molecular complexity index is 1140. The zero-order chi connectivity index (χ0) is 21.8. The van der Waals surface area contributed by atoms with Gasteiger partial charge in [0.2, 0.25) is 5.89 Å². The van der Waals surface area contributed by atoms with Crippen molar-refractivity contribution in [1.82, 2.24) is 9.78 Å². The van der Waals surface area contributed by atoms with E-state index < -0.39 is 36.1 Å². The van der Waals surface area contributed by atoms with Gasteiger partial charge in [0.25, 0.3) is 5.91 Å². The summed E-state index contributed by atoms with van der Waals surface area (Å²) in [6.07, 6.45) is -1.18. The summed E-state index contributed by atoms with van der Waals surface area (Å²) in [5, 5.41) is 7.00. The zero-order valence-corrected chi connectivity index (χ0v) is 16.9. The number of esters is 1. The molecular weight excluding hydrogens is 440 g/mol. The van der Waals surface area contributed by atoms with Crippen LogP contribution in [0.25, 0.3) is 11.5 Å². The van der Waals surface area contributed by atoms with Crippen molar-refractivity contribution in [3.05, 3.63) is 68.9 Å². The van der Waals surface area contributed by atoms with Crippen molar-refractivity contribution in [1.29, 1.82) is 0 Å². The summed E-state index contributed by atoms with van der Waals surface area (Å²) in [4.78, 5) is 36.2. The molecule has 2 aromatic carbocycles. The summed E-state index contributed by atoms with van der Waals surface area (Å²) in [5.74, 6) is -2.98. The van der Waals surface area contributed by atoms with E-state index in [9.17, 15) is 18.8 Å². The number of nitrogens with zero attached hydrogens (tertiary/aromatic N) is 2. The van der Waals surface area contributed by atoms with Crippen LogP contribution < -0.4 is 11.1 Å². The SMILES string of the molecule is CC(OC(=O)Cn1nc(-c2ccc(F)cc2)oc1=O)C(=O)Nc1ccc(Cl)cc1Cl. The first-order valence-corrected chi connectivity index (χ1v) is 9.28. The fourth-order valence-corrected chi connectivity index (χ4v) is 2.81. The van der Waals surface area contributed by atoms with E-state index in [1.807, 2.05) is 0 Å². The van der Waals surface area contributed by atoms with Crippen LogP contribution in [0, 0.1) is 5.82 Å². The topological polar surface area (TPSA) is 103 Å². The number of hydrogen-bond acceptors (Lipinski definition) is 6. The Morgan fingerprint density at radius 3 is 2.60 bits per heavy atom. The van der Waals surface area contributed by atoms with Crippen molar-refractivity contribution in [2.45, 2.75) is 19.6 Å². The Labute approximate surface area is 179 Å². The largest absolute Gasteiger partial charge is 0.451 e. The maximum absolute atomic E-state index is 13.0. The van der Waals surface area contributed by atoms with Crippen LogP contribution in [-0.4, -0.2) is 27.8 Å². The van der Waals surface area contributed by atoms with Gasteiger partial charge >= 0.3 is 11.7 Å². The van der Waals surface area contributed by atoms with Crippen LogP contribution in [0.15, 0.2) is 51.7 Å². The number of nitrogens with one attached hydrogen (secondary N) is 1. The molecule has 0 saturated heterocycles. The molecule has 1 heterocycles. The molecule has 1 amide bonds. The van der Waals surface area contributed by atoms with Crippen LogP contribution in [0.1, 0.15) is 6.92 Å². The summed E-state index contributed by atoms with van der Waals surface area (Å²) >= 11 is 11.8. The number of anilines is 1. The molecule has 0 saturated carbocycles. The number of benzene rings is 2. The van der Waals surface area contributed by atoms with E-state index in [-0.39, 0.29) is 10.9 Å². The van der Waals surface area contributed by atoms with Gasteiger partial charge in [0.1, 0.15) is 12.4 Å². The molecule has 8 nitrogen and oxygen atoms in total. The average Bonchev–Trinajstić information content (AvgIpc) is 3.04. The molecule has 1 unspecified atom stereocenters. The quantitative estimate of drug-likeness (QED) is 0.572. The first-order chi connectivity index (χ1) is 14.2. The molecule has 0 bridgehead atoms. The molecule has 0 spiro atoms. The lowest BCUT2D eigenvalue weighted by molar-refractivity contribution is -0.154. The molecule has 3 aromatic rings. The maximum Gasteiger partial charge on any atom is 0.437 e. The highest BCUT2D eigenvalue weighted by Crippen LogP contribution is 2.25. The van der Waals surface area contributed by atoms with E-state index >= 15 is 0 Å². The molecule has 1 aromatic heterocycles. The van der Waals surface area contributed by atoms with Gasteiger partial charge in [-0.1, -0.05) is 23.2 Å². The second-order valence-corrected chi connectivity index (χ2v) is 6.93. The summed E-state index contributed by atoms with van der Waals surface area (Å²) in [7, 11) is 0. The van der Waals surface area contributed by atoms with Crippen LogP contribution in [0.5, 0.6) is 0 Å². The standard InChI is InChI=1S/C19H14Cl2FN3O5/c1-10(17(27)23-15-7-4-12(20)8-14(15)21)29-16(26)9-25-19(28)30-18(24-25)11-2-5-13(22)6-3-11/h2-8,10H,9H2,1H3,(H,23,27). The van der Waals surface area contributed by atoms with Crippen molar-refractivity contribution in [3.8, 4) is 11.5 Å². The van der Waals surface area contributed by atoms with Gasteiger partial charge in [-0.15, -0.1) is 5.10 Å². The first-order valence-electron chi connectivity index (χ1n) is 8.52. The van der Waals surface area contributed by atoms with Gasteiger partial charge < -0.3 is 14.5 Å². The molecule has 0 radical (unpaired) electrons. The molecule has 1 N–H and O–H groups in total. The molecule has 156 valence electrons. The summed E-state index contributed by atoms with van der Waals surface area (Å²) in [5.41, 5.74) is 0.652. The van der Waals surface area contributed by atoms with E-state index in [4.69, 9.17) is 32.4 Å². The predicted octanol–water partition coefficient (Wildman–Crippen LogP) is 3.52. The second kappa shape index (κ2) is 9.10. The Morgan fingerprint density at radius 1 is 1.23 bits per heavy atom. The van der Waals surface area contributed by atoms with Gasteiger partial charge in [0, 0.05) is 10.6 Å². The van der Waals surface area contributed by atoms with Gasteiger partial charge in [-0.2, -0.15) is 4.68 Å². The van der Waals surface area contributed by atoms with Gasteiger partial charge in [0.05, 0.1) is 10.7 Å². The minimum absolute atomic E-state index is 0.0871. The Morgan fingerprint density at radius 2 is 1.93 bits per heavy atom. The third-order valence-corrected chi connectivity index (χ3v) is 4.39.